The highest BCUT2D eigenvalue weighted by Crippen LogP contribution is 2.44. The van der Waals surface area contributed by atoms with Crippen LogP contribution in [0.2, 0.25) is 0 Å². The van der Waals surface area contributed by atoms with Crippen molar-refractivity contribution in [3.8, 4) is 46.0 Å². The van der Waals surface area contributed by atoms with Crippen LogP contribution in [0.5, 0.6) is 46.0 Å². The zero-order chi connectivity index (χ0) is 53.9. The molecule has 1 aliphatic rings. The van der Waals surface area contributed by atoms with E-state index in [9.17, 15) is 20.4 Å². The molecule has 0 amide bonds. The molecular formula is C64H78N2O8. The van der Waals surface area contributed by atoms with Crippen LogP contribution >= 0.6 is 0 Å². The van der Waals surface area contributed by atoms with Gasteiger partial charge in [-0.1, -0.05) is 144 Å². The smallest absolute Gasteiger partial charge is 0.166 e. The van der Waals surface area contributed by atoms with Crippen molar-refractivity contribution in [3.63, 3.8) is 0 Å². The van der Waals surface area contributed by atoms with E-state index in [4.69, 9.17) is 18.9 Å². The molecule has 1 aliphatic carbocycles. The van der Waals surface area contributed by atoms with Crippen LogP contribution in [-0.4, -0.2) is 73.4 Å². The number of para-hydroxylation sites is 2. The Hall–Kier alpha value is -6.94. The molecule has 0 saturated heterocycles. The minimum Gasteiger partial charge on any atom is -0.507 e. The van der Waals surface area contributed by atoms with E-state index in [1.54, 1.807) is 36.7 Å². The molecule has 0 aromatic heterocycles. The van der Waals surface area contributed by atoms with Gasteiger partial charge in [0.2, 0.25) is 0 Å². The summed E-state index contributed by atoms with van der Waals surface area (Å²) in [5.74, 6) is 2.60. The summed E-state index contributed by atoms with van der Waals surface area (Å²) in [5.41, 5.74) is 11.2. The van der Waals surface area contributed by atoms with E-state index in [2.05, 4.69) is 142 Å². The number of methoxy groups -OCH3 is 2. The topological polar surface area (TPSA) is 143 Å². The predicted molar refractivity (Wildman–Crippen MR) is 300 cm³/mol. The number of nitrogens with zero attached hydrogens (tertiary/aromatic N) is 2. The van der Waals surface area contributed by atoms with E-state index in [1.807, 2.05) is 12.1 Å². The first-order valence-corrected chi connectivity index (χ1v) is 25.8. The van der Waals surface area contributed by atoms with Crippen LogP contribution in [0.15, 0.2) is 94.9 Å². The molecule has 0 radical (unpaired) electrons. The van der Waals surface area contributed by atoms with Gasteiger partial charge in [0.1, 0.15) is 36.2 Å². The van der Waals surface area contributed by atoms with Gasteiger partial charge in [-0.3, -0.25) is 9.98 Å². The Bertz CT molecular complexity index is 2760. The van der Waals surface area contributed by atoms with Gasteiger partial charge in [0.05, 0.1) is 27.3 Å². The second kappa shape index (κ2) is 21.9. The first kappa shape index (κ1) is 54.8. The van der Waals surface area contributed by atoms with Crippen molar-refractivity contribution in [2.75, 3.05) is 40.5 Å². The lowest BCUT2D eigenvalue weighted by atomic mass is 9.79. The van der Waals surface area contributed by atoms with Gasteiger partial charge in [0.15, 0.2) is 23.0 Å². The molecule has 10 heteroatoms. The van der Waals surface area contributed by atoms with Crippen LogP contribution in [0.4, 0.5) is 0 Å². The van der Waals surface area contributed by atoms with Crippen molar-refractivity contribution in [2.24, 2.45) is 9.98 Å². The lowest BCUT2D eigenvalue weighted by molar-refractivity contribution is 0.322. The Kier molecular flexibility index (Phi) is 16.2. The summed E-state index contributed by atoms with van der Waals surface area (Å²) in [7, 11) is 3.04. The fraction of sp³-hybridized carbons (Fsp3) is 0.406. The van der Waals surface area contributed by atoms with Gasteiger partial charge >= 0.3 is 0 Å². The molecule has 6 aromatic carbocycles. The third-order valence-electron chi connectivity index (χ3n) is 13.9. The normalized spacial score (nSPS) is 13.4. The van der Waals surface area contributed by atoms with Crippen molar-refractivity contribution >= 4 is 12.4 Å². The number of fused-ring (bicyclic) bond motifs is 8. The van der Waals surface area contributed by atoms with E-state index >= 15 is 0 Å². The van der Waals surface area contributed by atoms with Crippen molar-refractivity contribution < 1.29 is 39.4 Å². The highest BCUT2D eigenvalue weighted by atomic mass is 16.5. The van der Waals surface area contributed by atoms with Crippen molar-refractivity contribution in [2.45, 2.75) is 130 Å². The zero-order valence-corrected chi connectivity index (χ0v) is 46.2. The summed E-state index contributed by atoms with van der Waals surface area (Å²) < 4.78 is 24.4. The lowest BCUT2D eigenvalue weighted by Crippen LogP contribution is -2.17. The van der Waals surface area contributed by atoms with Gasteiger partial charge in [-0.2, -0.15) is 0 Å². The SMILES string of the molecule is COc1cccc(C=NCCOc2c3cc(C(C)(C)C)cc2Cc2cc(C(C)(C)C)cc(c2O)Cc2cc(C(C)(C)C)cc(c2OCCN=Cc2cccc(OC)c2O)Cc2cc(C(C)(C)C)cc(c2O)C3)c1O. The summed E-state index contributed by atoms with van der Waals surface area (Å²) in [6.45, 7) is 27.5. The molecule has 0 aliphatic heterocycles. The number of aliphatic imine (C=N–C) groups is 2. The molecule has 4 N–H and O–H groups in total. The molecule has 0 saturated carbocycles. The maximum Gasteiger partial charge on any atom is 0.166 e. The van der Waals surface area contributed by atoms with Crippen molar-refractivity contribution in [1.82, 2.24) is 0 Å². The average Bonchev–Trinajstić information content (AvgIpc) is 3.31. The molecule has 7 rings (SSSR count). The molecule has 10 nitrogen and oxygen atoms in total. The summed E-state index contributed by atoms with van der Waals surface area (Å²) in [5, 5.41) is 46.9. The standard InChI is InChI=1S/C64H78N2O8/c1-61(2,3)49-29-41-25-45-33-51(63(7,8)9)35-47(59(45)73-23-21-65-37-39-17-15-19-53(71-13)57(39)69)27-43-31-50(62(4,5)6)32-44(56(43)68)28-48-36-52(64(10,11)12)34-46(26-42(30-49)55(41)67)60(48)74-24-22-66-38-40-18-16-20-54(72-14)58(40)70/h15-20,29-38,67-70H,21-28H2,1-14H3. The van der Waals surface area contributed by atoms with Gasteiger partial charge in [-0.15, -0.1) is 0 Å². The van der Waals surface area contributed by atoms with Crippen LogP contribution < -0.4 is 18.9 Å². The largest absolute Gasteiger partial charge is 0.507 e. The number of benzene rings is 6. The predicted octanol–water partition coefficient (Wildman–Crippen LogP) is 13.4. The fourth-order valence-electron chi connectivity index (χ4n) is 9.36. The quantitative estimate of drug-likeness (QED) is 0.0700. The van der Waals surface area contributed by atoms with Gasteiger partial charge < -0.3 is 39.4 Å². The van der Waals surface area contributed by atoms with Crippen LogP contribution in [0.1, 0.15) is 161 Å². The summed E-state index contributed by atoms with van der Waals surface area (Å²) >= 11 is 0. The molecule has 0 atom stereocenters. The van der Waals surface area contributed by atoms with E-state index in [-0.39, 0.29) is 57.9 Å². The Morgan fingerprint density at radius 1 is 0.405 bits per heavy atom. The van der Waals surface area contributed by atoms with Gasteiger partial charge in [-0.05, 0) is 113 Å². The fourth-order valence-corrected chi connectivity index (χ4v) is 9.36. The number of ether oxygens (including phenoxy) is 4. The maximum atomic E-state index is 12.7. The molecule has 6 aromatic rings. The van der Waals surface area contributed by atoms with Crippen LogP contribution in [0.25, 0.3) is 0 Å². The highest BCUT2D eigenvalue weighted by Gasteiger charge is 2.29. The molecule has 0 fully saturated rings. The number of rotatable bonds is 12. The molecule has 0 spiro atoms. The third-order valence-corrected chi connectivity index (χ3v) is 13.9. The summed E-state index contributed by atoms with van der Waals surface area (Å²) in [6.07, 6.45) is 4.73. The highest BCUT2D eigenvalue weighted by molar-refractivity contribution is 5.85. The first-order valence-electron chi connectivity index (χ1n) is 25.8. The number of hydrogen-bond acceptors (Lipinski definition) is 10. The molecule has 392 valence electrons. The minimum atomic E-state index is -0.261. The number of phenols is 4. The number of hydrogen-bond donors (Lipinski definition) is 4. The van der Waals surface area contributed by atoms with Gasteiger partial charge in [0, 0.05) is 49.2 Å². The zero-order valence-electron chi connectivity index (χ0n) is 46.2. The summed E-state index contributed by atoms with van der Waals surface area (Å²) in [6, 6.07) is 28.0. The van der Waals surface area contributed by atoms with Crippen molar-refractivity contribution in [1.29, 1.82) is 0 Å². The Morgan fingerprint density at radius 3 is 0.932 bits per heavy atom. The van der Waals surface area contributed by atoms with Crippen LogP contribution in [0.3, 0.4) is 0 Å². The monoisotopic (exact) mass is 1000 g/mol. The maximum absolute atomic E-state index is 12.7. The Labute approximate surface area is 439 Å². The van der Waals surface area contributed by atoms with E-state index in [0.29, 0.717) is 72.9 Å². The van der Waals surface area contributed by atoms with E-state index in [0.717, 1.165) is 66.8 Å². The van der Waals surface area contributed by atoms with Crippen LogP contribution in [-0.2, 0) is 47.3 Å². The molecule has 74 heavy (non-hydrogen) atoms. The molecule has 0 unspecified atom stereocenters. The second-order valence-electron chi connectivity index (χ2n) is 23.8. The minimum absolute atomic E-state index is 0.0226. The first-order chi connectivity index (χ1) is 34.8. The van der Waals surface area contributed by atoms with Crippen LogP contribution in [0, 0.1) is 0 Å². The third kappa shape index (κ3) is 12.7. The second-order valence-corrected chi connectivity index (χ2v) is 23.8. The Morgan fingerprint density at radius 2 is 0.676 bits per heavy atom. The van der Waals surface area contributed by atoms with E-state index in [1.165, 1.54) is 14.2 Å². The van der Waals surface area contributed by atoms with E-state index < -0.39 is 0 Å². The van der Waals surface area contributed by atoms with Gasteiger partial charge in [0.25, 0.3) is 0 Å². The molecule has 8 bridgehead atoms. The summed E-state index contributed by atoms with van der Waals surface area (Å²) in [4.78, 5) is 9.31. The van der Waals surface area contributed by atoms with Crippen molar-refractivity contribution in [3.05, 3.63) is 163 Å². The number of aromatic hydroxyl groups is 4. The Balaban J connectivity index is 1.43. The molecule has 0 heterocycles. The molecular weight excluding hydrogens is 925 g/mol. The van der Waals surface area contributed by atoms with Gasteiger partial charge in [-0.25, -0.2) is 0 Å². The average molecular weight is 1000 g/mol. The lowest BCUT2D eigenvalue weighted by Gasteiger charge is -2.28. The number of phenolic OH excluding ortho intramolecular Hbond substituents is 4.